The van der Waals surface area contributed by atoms with Crippen LogP contribution in [0.4, 0.5) is 0 Å². The maximum absolute atomic E-state index is 6.19. The molecule has 0 amide bonds. The molecular weight excluding hydrogens is 295 g/mol. The van der Waals surface area contributed by atoms with Crippen molar-refractivity contribution in [1.29, 1.82) is 0 Å². The largest absolute Gasteiger partial charge is 0.481 e. The second-order valence-corrected chi connectivity index (χ2v) is 5.28. The van der Waals surface area contributed by atoms with E-state index >= 15 is 0 Å². The van der Waals surface area contributed by atoms with Crippen molar-refractivity contribution in [3.8, 4) is 5.88 Å². The normalized spacial score (nSPS) is 10.9. The summed E-state index contributed by atoms with van der Waals surface area (Å²) in [5.41, 5.74) is 1.91. The highest BCUT2D eigenvalue weighted by atomic mass is 35.5. The Hall–Kier alpha value is -1.71. The van der Waals surface area contributed by atoms with Gasteiger partial charge in [0.2, 0.25) is 5.88 Å². The molecule has 2 heterocycles. The van der Waals surface area contributed by atoms with Gasteiger partial charge in [0, 0.05) is 22.7 Å². The van der Waals surface area contributed by atoms with Crippen LogP contribution in [0.3, 0.4) is 0 Å². The minimum Gasteiger partial charge on any atom is -0.481 e. The average molecular weight is 307 g/mol. The van der Waals surface area contributed by atoms with E-state index in [0.717, 1.165) is 16.6 Å². The summed E-state index contributed by atoms with van der Waals surface area (Å²) < 4.78 is 7.20. The molecule has 0 bridgehead atoms. The lowest BCUT2D eigenvalue weighted by atomic mass is 10.2. The number of fused-ring (bicyclic) bond motifs is 1. The smallest absolute Gasteiger partial charge is 0.213 e. The zero-order valence-corrected chi connectivity index (χ0v) is 12.3. The van der Waals surface area contributed by atoms with Crippen LogP contribution in [-0.4, -0.2) is 16.7 Å². The van der Waals surface area contributed by atoms with Crippen molar-refractivity contribution in [2.24, 2.45) is 0 Å². The number of ether oxygens (including phenoxy) is 1. The molecule has 0 aliphatic heterocycles. The summed E-state index contributed by atoms with van der Waals surface area (Å²) in [6.07, 6.45) is 1.98. The van der Waals surface area contributed by atoms with E-state index in [0.29, 0.717) is 22.5 Å². The van der Waals surface area contributed by atoms with Crippen LogP contribution >= 0.6 is 23.2 Å². The Balaban J connectivity index is 2.02. The first-order valence-electron chi connectivity index (χ1n) is 6.11. The number of benzene rings is 1. The second-order valence-electron chi connectivity index (χ2n) is 4.44. The number of pyridine rings is 1. The minimum absolute atomic E-state index is 0.607. The first-order valence-corrected chi connectivity index (χ1v) is 6.87. The number of rotatable bonds is 3. The van der Waals surface area contributed by atoms with Crippen LogP contribution in [0.25, 0.3) is 10.9 Å². The summed E-state index contributed by atoms with van der Waals surface area (Å²) in [6.45, 7) is 0.636. The van der Waals surface area contributed by atoms with Crippen LogP contribution in [0.2, 0.25) is 10.0 Å². The summed E-state index contributed by atoms with van der Waals surface area (Å²) in [5.74, 6) is 0.607. The van der Waals surface area contributed by atoms with Crippen LogP contribution in [0.15, 0.2) is 42.6 Å². The van der Waals surface area contributed by atoms with Crippen LogP contribution in [0.5, 0.6) is 5.88 Å². The molecule has 0 aliphatic carbocycles. The third-order valence-electron chi connectivity index (χ3n) is 3.13. The van der Waals surface area contributed by atoms with Crippen molar-refractivity contribution in [3.63, 3.8) is 0 Å². The van der Waals surface area contributed by atoms with Gasteiger partial charge in [0.15, 0.2) is 0 Å². The van der Waals surface area contributed by atoms with Crippen molar-refractivity contribution >= 4 is 34.1 Å². The fourth-order valence-electron chi connectivity index (χ4n) is 2.19. The van der Waals surface area contributed by atoms with Gasteiger partial charge in [-0.05, 0) is 24.3 Å². The summed E-state index contributed by atoms with van der Waals surface area (Å²) in [4.78, 5) is 4.41. The molecule has 0 spiro atoms. The first kappa shape index (κ1) is 13.3. The lowest BCUT2D eigenvalue weighted by Gasteiger charge is -2.07. The van der Waals surface area contributed by atoms with E-state index in [4.69, 9.17) is 27.9 Å². The van der Waals surface area contributed by atoms with E-state index in [1.807, 2.05) is 36.5 Å². The minimum atomic E-state index is 0.607. The lowest BCUT2D eigenvalue weighted by Crippen LogP contribution is -2.01. The van der Waals surface area contributed by atoms with Crippen LogP contribution in [-0.2, 0) is 6.54 Å². The maximum Gasteiger partial charge on any atom is 0.213 e. The predicted octanol–water partition coefficient (Wildman–Crippen LogP) is 4.40. The van der Waals surface area contributed by atoms with E-state index in [2.05, 4.69) is 9.55 Å². The first-order chi connectivity index (χ1) is 9.67. The van der Waals surface area contributed by atoms with Gasteiger partial charge in [-0.25, -0.2) is 4.98 Å². The zero-order chi connectivity index (χ0) is 14.1. The Bertz CT molecular complexity index is 768. The van der Waals surface area contributed by atoms with Gasteiger partial charge in [0.25, 0.3) is 0 Å². The topological polar surface area (TPSA) is 27.1 Å². The molecule has 102 valence electrons. The molecule has 3 aromatic rings. The van der Waals surface area contributed by atoms with E-state index < -0.39 is 0 Å². The highest BCUT2D eigenvalue weighted by Gasteiger charge is 2.07. The van der Waals surface area contributed by atoms with Crippen molar-refractivity contribution in [2.75, 3.05) is 7.11 Å². The molecule has 3 nitrogen and oxygen atoms in total. The number of halogens is 2. The molecule has 0 fully saturated rings. The fraction of sp³-hybridized carbons (Fsp3) is 0.133. The number of nitrogens with zero attached hydrogens (tertiary/aromatic N) is 2. The molecule has 1 aromatic carbocycles. The van der Waals surface area contributed by atoms with Crippen molar-refractivity contribution in [2.45, 2.75) is 6.54 Å². The SMILES string of the molecule is COc1cccc(Cn2ccc3c(Cl)cc(Cl)cc32)n1. The predicted molar refractivity (Wildman–Crippen MR) is 81.8 cm³/mol. The van der Waals surface area contributed by atoms with Gasteiger partial charge < -0.3 is 9.30 Å². The fourth-order valence-corrected chi connectivity index (χ4v) is 2.74. The standard InChI is InChI=1S/C15H12Cl2N2O/c1-20-15-4-2-3-11(18-15)9-19-6-5-12-13(17)7-10(16)8-14(12)19/h2-8H,9H2,1H3. The van der Waals surface area contributed by atoms with Gasteiger partial charge in [0.1, 0.15) is 0 Å². The summed E-state index contributed by atoms with van der Waals surface area (Å²) in [7, 11) is 1.61. The molecule has 0 aliphatic rings. The molecule has 0 radical (unpaired) electrons. The van der Waals surface area contributed by atoms with E-state index in [1.54, 1.807) is 13.2 Å². The van der Waals surface area contributed by atoms with E-state index in [9.17, 15) is 0 Å². The molecule has 0 saturated carbocycles. The lowest BCUT2D eigenvalue weighted by molar-refractivity contribution is 0.396. The Labute approximate surface area is 126 Å². The third-order valence-corrected chi connectivity index (χ3v) is 3.66. The van der Waals surface area contributed by atoms with Gasteiger partial charge in [-0.3, -0.25) is 0 Å². The highest BCUT2D eigenvalue weighted by Crippen LogP contribution is 2.29. The van der Waals surface area contributed by atoms with Gasteiger partial charge in [0.05, 0.1) is 29.9 Å². The van der Waals surface area contributed by atoms with Gasteiger partial charge in [-0.15, -0.1) is 0 Å². The maximum atomic E-state index is 6.19. The molecular formula is C15H12Cl2N2O. The number of methoxy groups -OCH3 is 1. The Morgan fingerprint density at radius 1 is 1.20 bits per heavy atom. The van der Waals surface area contributed by atoms with Crippen molar-refractivity contribution in [1.82, 2.24) is 9.55 Å². The van der Waals surface area contributed by atoms with Gasteiger partial charge >= 0.3 is 0 Å². The summed E-state index contributed by atoms with van der Waals surface area (Å²) in [6, 6.07) is 11.3. The van der Waals surface area contributed by atoms with Crippen molar-refractivity contribution < 1.29 is 4.74 Å². The van der Waals surface area contributed by atoms with E-state index in [1.165, 1.54) is 0 Å². The highest BCUT2D eigenvalue weighted by molar-refractivity contribution is 6.38. The molecule has 0 N–H and O–H groups in total. The molecule has 0 atom stereocenters. The molecule has 0 unspecified atom stereocenters. The second kappa shape index (κ2) is 5.35. The Kier molecular flexibility index (Phi) is 3.55. The monoisotopic (exact) mass is 306 g/mol. The molecule has 2 aromatic heterocycles. The van der Waals surface area contributed by atoms with Gasteiger partial charge in [-0.2, -0.15) is 0 Å². The van der Waals surface area contributed by atoms with E-state index in [-0.39, 0.29) is 0 Å². The molecule has 0 saturated heterocycles. The van der Waals surface area contributed by atoms with Crippen LogP contribution in [0.1, 0.15) is 5.69 Å². The summed E-state index contributed by atoms with van der Waals surface area (Å²) >= 11 is 12.3. The molecule has 20 heavy (non-hydrogen) atoms. The Morgan fingerprint density at radius 3 is 2.85 bits per heavy atom. The van der Waals surface area contributed by atoms with Crippen LogP contribution in [0, 0.1) is 0 Å². The molecule has 3 rings (SSSR count). The number of hydrogen-bond donors (Lipinski definition) is 0. The Morgan fingerprint density at radius 2 is 2.05 bits per heavy atom. The quantitative estimate of drug-likeness (QED) is 0.717. The summed E-state index contributed by atoms with van der Waals surface area (Å²) in [5, 5.41) is 2.27. The number of aromatic nitrogens is 2. The molecule has 5 heteroatoms. The third kappa shape index (κ3) is 2.47. The van der Waals surface area contributed by atoms with Crippen molar-refractivity contribution in [3.05, 3.63) is 58.3 Å². The number of hydrogen-bond acceptors (Lipinski definition) is 2. The zero-order valence-electron chi connectivity index (χ0n) is 10.8. The van der Waals surface area contributed by atoms with Crippen LogP contribution < -0.4 is 4.74 Å². The van der Waals surface area contributed by atoms with Gasteiger partial charge in [-0.1, -0.05) is 29.3 Å². The average Bonchev–Trinajstić information content (AvgIpc) is 2.82.